The van der Waals surface area contributed by atoms with Crippen molar-refractivity contribution in [3.63, 3.8) is 0 Å². The summed E-state index contributed by atoms with van der Waals surface area (Å²) in [6.07, 6.45) is 0. The lowest BCUT2D eigenvalue weighted by Gasteiger charge is -2.24. The van der Waals surface area contributed by atoms with Gasteiger partial charge < -0.3 is 9.04 Å². The Morgan fingerprint density at radius 2 is 1.60 bits per heavy atom. The molecule has 0 unspecified atom stereocenters. The van der Waals surface area contributed by atoms with Gasteiger partial charge in [0, 0.05) is 10.6 Å². The first-order valence-corrected chi connectivity index (χ1v) is 7.09. The van der Waals surface area contributed by atoms with Gasteiger partial charge in [0.2, 0.25) is 0 Å². The highest BCUT2D eigenvalue weighted by atomic mass is 35.5. The fourth-order valence-electron chi connectivity index (χ4n) is 1.14. The van der Waals surface area contributed by atoms with Crippen LogP contribution in [0.5, 0.6) is 0 Å². The third kappa shape index (κ3) is 7.68. The second-order valence-corrected chi connectivity index (χ2v) is 6.72. The first-order valence-electron chi connectivity index (χ1n) is 5.30. The zero-order valence-electron chi connectivity index (χ0n) is 11.1. The van der Waals surface area contributed by atoms with Gasteiger partial charge >= 0.3 is 5.51 Å². The van der Waals surface area contributed by atoms with E-state index in [1.54, 1.807) is 0 Å². The van der Waals surface area contributed by atoms with Gasteiger partial charge in [-0.15, -0.1) is 0 Å². The van der Waals surface area contributed by atoms with Gasteiger partial charge in [0.1, 0.15) is 6.54 Å². The Bertz CT molecular complexity index is 539. The highest BCUT2D eigenvalue weighted by Crippen LogP contribution is 2.20. The van der Waals surface area contributed by atoms with Crippen molar-refractivity contribution < 1.29 is 30.6 Å². The molecule has 0 radical (unpaired) electrons. The first-order chi connectivity index (χ1) is 8.74. The molecule has 0 saturated carbocycles. The van der Waals surface area contributed by atoms with E-state index >= 15 is 0 Å². The average molecular weight is 334 g/mol. The Balaban J connectivity index is 0.000000396. The minimum Gasteiger partial charge on any atom is -0.741 e. The molecule has 0 bridgehead atoms. The lowest BCUT2D eigenvalue weighted by molar-refractivity contribution is -0.883. The minimum absolute atomic E-state index is 0.866. The standard InChI is InChI=1S/C10H15ClN.CHF3O3S/c1-12(2,3)8-9-6-4-5-7-10(9)11;2-1(3,4)8(5,6)7/h4-7H,8H2,1-3H3;(H,5,6,7)/q+1;/p-1. The van der Waals surface area contributed by atoms with Crippen LogP contribution in [0.3, 0.4) is 0 Å². The number of hydrogen-bond donors (Lipinski definition) is 0. The van der Waals surface area contributed by atoms with Crippen LogP contribution in [0.15, 0.2) is 24.3 Å². The Hall–Kier alpha value is -0.830. The molecule has 0 amide bonds. The number of hydrogen-bond acceptors (Lipinski definition) is 3. The molecule has 0 aliphatic rings. The van der Waals surface area contributed by atoms with E-state index in [0.29, 0.717) is 0 Å². The van der Waals surface area contributed by atoms with E-state index in [2.05, 4.69) is 27.2 Å². The molecule has 0 spiro atoms. The summed E-state index contributed by atoms with van der Waals surface area (Å²) in [6, 6.07) is 8.00. The monoisotopic (exact) mass is 333 g/mol. The van der Waals surface area contributed by atoms with Crippen LogP contribution in [-0.4, -0.2) is 44.1 Å². The summed E-state index contributed by atoms with van der Waals surface area (Å²) in [6.45, 7) is 0.972. The van der Waals surface area contributed by atoms with Gasteiger partial charge in [-0.25, -0.2) is 8.42 Å². The van der Waals surface area contributed by atoms with E-state index in [4.69, 9.17) is 24.6 Å². The molecular formula is C11H15ClF3NO3S. The fraction of sp³-hybridized carbons (Fsp3) is 0.455. The number of nitrogens with zero attached hydrogens (tertiary/aromatic N) is 1. The third-order valence-electron chi connectivity index (χ3n) is 1.89. The largest absolute Gasteiger partial charge is 0.741 e. The van der Waals surface area contributed by atoms with Crippen molar-refractivity contribution in [1.82, 2.24) is 0 Å². The lowest BCUT2D eigenvalue weighted by atomic mass is 10.2. The molecule has 1 aromatic carbocycles. The van der Waals surface area contributed by atoms with Gasteiger partial charge in [-0.2, -0.15) is 13.2 Å². The zero-order chi connectivity index (χ0) is 16.2. The van der Waals surface area contributed by atoms with E-state index in [0.717, 1.165) is 16.1 Å². The summed E-state index contributed by atoms with van der Waals surface area (Å²) in [5, 5.41) is 0.866. The van der Waals surface area contributed by atoms with Crippen molar-refractivity contribution in [2.75, 3.05) is 21.1 Å². The molecule has 0 N–H and O–H groups in total. The molecule has 116 valence electrons. The fourth-order valence-corrected chi connectivity index (χ4v) is 1.33. The van der Waals surface area contributed by atoms with Crippen LogP contribution in [0.2, 0.25) is 5.02 Å². The maximum absolute atomic E-state index is 10.7. The van der Waals surface area contributed by atoms with E-state index in [1.165, 1.54) is 5.56 Å². The van der Waals surface area contributed by atoms with Crippen LogP contribution < -0.4 is 0 Å². The lowest BCUT2D eigenvalue weighted by Crippen LogP contribution is -2.33. The maximum Gasteiger partial charge on any atom is 0.485 e. The van der Waals surface area contributed by atoms with Crippen LogP contribution in [0, 0.1) is 0 Å². The second kappa shape index (κ2) is 6.75. The normalized spacial score (nSPS) is 12.6. The highest BCUT2D eigenvalue weighted by Gasteiger charge is 2.36. The first kappa shape index (κ1) is 19.2. The van der Waals surface area contributed by atoms with E-state index in [-0.39, 0.29) is 0 Å². The number of quaternary nitrogens is 1. The topological polar surface area (TPSA) is 57.2 Å². The minimum atomic E-state index is -6.09. The third-order valence-corrected chi connectivity index (χ3v) is 2.82. The van der Waals surface area contributed by atoms with Crippen molar-refractivity contribution in [3.05, 3.63) is 34.9 Å². The molecule has 0 fully saturated rings. The van der Waals surface area contributed by atoms with Crippen LogP contribution in [-0.2, 0) is 16.7 Å². The molecule has 0 saturated heterocycles. The van der Waals surface area contributed by atoms with Gasteiger partial charge in [-0.1, -0.05) is 29.8 Å². The van der Waals surface area contributed by atoms with Crippen molar-refractivity contribution >= 4 is 21.7 Å². The van der Waals surface area contributed by atoms with Crippen molar-refractivity contribution in [2.24, 2.45) is 0 Å². The summed E-state index contributed by atoms with van der Waals surface area (Å²) in [7, 11) is 0.378. The van der Waals surface area contributed by atoms with Gasteiger partial charge in [0.25, 0.3) is 0 Å². The van der Waals surface area contributed by atoms with Gasteiger partial charge in [0.05, 0.1) is 21.1 Å². The summed E-state index contributed by atoms with van der Waals surface area (Å²) in [4.78, 5) is 0. The predicted molar refractivity (Wildman–Crippen MR) is 68.9 cm³/mol. The molecule has 0 aliphatic heterocycles. The maximum atomic E-state index is 10.7. The van der Waals surface area contributed by atoms with Crippen molar-refractivity contribution in [3.8, 4) is 0 Å². The molecule has 9 heteroatoms. The van der Waals surface area contributed by atoms with Crippen LogP contribution >= 0.6 is 11.6 Å². The number of alkyl halides is 3. The Labute approximate surface area is 121 Å². The molecule has 0 aliphatic carbocycles. The predicted octanol–water partition coefficient (Wildman–Crippen LogP) is 2.60. The summed E-state index contributed by atoms with van der Waals surface area (Å²) in [5.41, 5.74) is -4.43. The molecular weight excluding hydrogens is 319 g/mol. The zero-order valence-corrected chi connectivity index (χ0v) is 12.7. The number of halogens is 4. The van der Waals surface area contributed by atoms with Gasteiger partial charge in [-0.05, 0) is 6.07 Å². The van der Waals surface area contributed by atoms with E-state index in [9.17, 15) is 13.2 Å². The molecule has 1 aromatic rings. The number of rotatable bonds is 2. The van der Waals surface area contributed by atoms with Crippen LogP contribution in [0.25, 0.3) is 0 Å². The van der Waals surface area contributed by atoms with E-state index in [1.807, 2.05) is 18.2 Å². The summed E-state index contributed by atoms with van der Waals surface area (Å²) < 4.78 is 59.8. The average Bonchev–Trinajstić information content (AvgIpc) is 2.17. The molecule has 20 heavy (non-hydrogen) atoms. The smallest absolute Gasteiger partial charge is 0.485 e. The quantitative estimate of drug-likeness (QED) is 0.475. The Morgan fingerprint density at radius 1 is 1.20 bits per heavy atom. The van der Waals surface area contributed by atoms with Gasteiger partial charge in [-0.3, -0.25) is 0 Å². The molecule has 0 atom stereocenters. The molecule has 4 nitrogen and oxygen atoms in total. The highest BCUT2D eigenvalue weighted by molar-refractivity contribution is 7.86. The Kier molecular flexibility index (Phi) is 6.47. The van der Waals surface area contributed by atoms with Crippen LogP contribution in [0.4, 0.5) is 13.2 Å². The van der Waals surface area contributed by atoms with Crippen molar-refractivity contribution in [1.29, 1.82) is 0 Å². The molecule has 1 rings (SSSR count). The van der Waals surface area contributed by atoms with Gasteiger partial charge in [0.15, 0.2) is 10.1 Å². The van der Waals surface area contributed by atoms with Crippen LogP contribution in [0.1, 0.15) is 5.56 Å². The molecule has 0 heterocycles. The number of benzene rings is 1. The second-order valence-electron chi connectivity index (χ2n) is 4.94. The van der Waals surface area contributed by atoms with E-state index < -0.39 is 15.6 Å². The van der Waals surface area contributed by atoms with Crippen molar-refractivity contribution in [2.45, 2.75) is 12.1 Å². The Morgan fingerprint density at radius 3 is 1.90 bits per heavy atom. The molecule has 0 aromatic heterocycles. The SMILES string of the molecule is C[N+](C)(C)Cc1ccccc1Cl.O=S(=O)([O-])C(F)(F)F. The summed E-state index contributed by atoms with van der Waals surface area (Å²) >= 11 is 6.02. The summed E-state index contributed by atoms with van der Waals surface area (Å²) in [5.74, 6) is 0.